The first-order valence-corrected chi connectivity index (χ1v) is 41.0. The van der Waals surface area contributed by atoms with Crippen LogP contribution in [0.5, 0.6) is 0 Å². The number of Topliss-reactive ketones (excluding diaryl/α,β-unsaturated/α-hetero) is 2. The van der Waals surface area contributed by atoms with Crippen LogP contribution >= 0.6 is 118 Å². The third kappa shape index (κ3) is 36.0. The van der Waals surface area contributed by atoms with Crippen LogP contribution in [-0.2, 0) is 10.7 Å². The van der Waals surface area contributed by atoms with Crippen LogP contribution in [0.2, 0.25) is 20.1 Å². The van der Waals surface area contributed by atoms with Gasteiger partial charge in [0.25, 0.3) is 17.7 Å². The van der Waals surface area contributed by atoms with Gasteiger partial charge in [-0.15, -0.1) is 33.4 Å². The Morgan fingerprint density at radius 3 is 1.32 bits per heavy atom. The summed E-state index contributed by atoms with van der Waals surface area (Å²) in [7, 11) is 0. The number of pyridine rings is 4. The monoisotopic (exact) mass is 1920 g/mol. The lowest BCUT2D eigenvalue weighted by molar-refractivity contribution is -0.115. The summed E-state index contributed by atoms with van der Waals surface area (Å²) in [5.74, 6) is 10.6. The largest absolute Gasteiger partial charge is 0.419 e. The number of halogens is 6. The molecule has 7 aromatic carbocycles. The van der Waals surface area contributed by atoms with E-state index in [1.165, 1.54) is 68.2 Å². The van der Waals surface area contributed by atoms with E-state index in [2.05, 4.69) is 94.3 Å². The van der Waals surface area contributed by atoms with Crippen molar-refractivity contribution in [1.29, 1.82) is 10.5 Å². The molecule has 0 radical (unpaired) electrons. The standard InChI is InChI=1S/C14H12ClN3O2S.2C13H9ClN4OS.C11H12ClNO2.C10H9ClN2O.C8H10N2O.C7H4ClNS.C6H7N3O2.2C2H3N/c15-10-3-1-2-4-11(10)18-14(21)17-8-12(19)9-5-6-16-13(20)7-9;2*14-9-3-1-2-4-10(9)18-12(16-17-13(18)20)8-5-6-15-11(19)7-8;1-8-2-4-9(5-3-8)11(15)13-7-10(14)6-12;1-7-2-4-8(5-3-7)10-13-12-9(6-11)14-10;1-6-2-4-7(5-3-6)8(11)10-9;8-6-3-1-2-4-7(6)9-5-10;7-9-6(11)4-1-2-8-5(10)3-4;2*1-2-3/h1-7H,8H2,(H,16,20)(H2,17,18,21);2*1-7H,(H,15,19)(H,17,20);2-5H,6-7H2,1H3,(H,13,15);2-5H,6H2,1H3;2-5H,9H2,1H3,(H,10,11);1-4H;1-3H,7H2,(H,8,10)(H,9,11);2*1H3. The number of hydrazine groups is 2. The Bertz CT molecular complexity index is 6400. The number of nitrogens with one attached hydrogen (secondary N) is 11. The quantitative estimate of drug-likeness (QED) is 0.00766. The summed E-state index contributed by atoms with van der Waals surface area (Å²) < 4.78 is 9.53. The summed E-state index contributed by atoms with van der Waals surface area (Å²) in [5, 5.41) is 49.0. The number of thiocarbonyl (C=S) groups is 2. The topological polar surface area (TPSA) is 495 Å². The number of nitrogens with two attached hydrogens (primary N) is 2. The van der Waals surface area contributed by atoms with Gasteiger partial charge in [-0.1, -0.05) is 148 Å². The van der Waals surface area contributed by atoms with Gasteiger partial charge in [-0.2, -0.15) is 25.7 Å². The number of hydrogen-bond donors (Lipinski definition) is 13. The van der Waals surface area contributed by atoms with Crippen molar-refractivity contribution >= 4 is 169 Å². The number of amides is 3. The Morgan fingerprint density at radius 2 is 0.898 bits per heavy atom. The van der Waals surface area contributed by atoms with E-state index in [-0.39, 0.29) is 81.1 Å². The van der Waals surface area contributed by atoms with Crippen LogP contribution in [-0.4, -0.2) is 118 Å². The third-order valence-corrected chi connectivity index (χ3v) is 18.3. The number of nitriles is 2. The number of aryl methyl sites for hydroxylation is 3. The Labute approximate surface area is 781 Å². The Hall–Kier alpha value is -13.9. The number of para-hydroxylation sites is 4. The number of ketones is 2. The number of carbonyl (C=O) groups is 5. The van der Waals surface area contributed by atoms with Crippen molar-refractivity contribution in [2.45, 2.75) is 40.5 Å². The molecule has 658 valence electrons. The number of alkyl halides is 2. The number of hydrogen-bond acceptors (Lipinski definition) is 23. The summed E-state index contributed by atoms with van der Waals surface area (Å²) in [6.07, 6.45) is 5.93. The van der Waals surface area contributed by atoms with Gasteiger partial charge < -0.3 is 40.3 Å². The summed E-state index contributed by atoms with van der Waals surface area (Å²) in [6, 6.07) is 66.5. The van der Waals surface area contributed by atoms with Gasteiger partial charge in [-0.25, -0.2) is 11.7 Å². The molecule has 14 aromatic rings. The number of isothiocyanates is 1. The number of H-pyrrole nitrogens is 6. The lowest BCUT2D eigenvalue weighted by atomic mass is 10.1. The minimum atomic E-state index is -0.476. The molecule has 14 rings (SSSR count). The summed E-state index contributed by atoms with van der Waals surface area (Å²) in [5.41, 5.74) is 13.0. The van der Waals surface area contributed by atoms with E-state index in [0.717, 1.165) is 16.7 Å². The second-order valence-electron chi connectivity index (χ2n) is 24.9. The number of anilines is 1. The Balaban J connectivity index is 0.000000260. The minimum absolute atomic E-state index is 0.0141. The maximum absolute atomic E-state index is 11.9. The van der Waals surface area contributed by atoms with E-state index in [1.807, 2.05) is 129 Å². The molecule has 7 aromatic heterocycles. The Kier molecular flexibility index (Phi) is 46.5. The van der Waals surface area contributed by atoms with Gasteiger partial charge in [0, 0.05) is 102 Å². The van der Waals surface area contributed by atoms with Crippen LogP contribution in [0.3, 0.4) is 0 Å². The molecule has 0 fully saturated rings. The van der Waals surface area contributed by atoms with Crippen molar-refractivity contribution in [3.05, 3.63) is 359 Å². The van der Waals surface area contributed by atoms with Gasteiger partial charge in [-0.05, 0) is 179 Å². The molecule has 42 heteroatoms. The molecule has 0 spiro atoms. The van der Waals surface area contributed by atoms with Crippen molar-refractivity contribution in [3.8, 4) is 57.7 Å². The van der Waals surface area contributed by atoms with Crippen LogP contribution < -0.4 is 60.7 Å². The molecule has 32 nitrogen and oxygen atoms in total. The van der Waals surface area contributed by atoms with E-state index >= 15 is 0 Å². The molecular weight excluding hydrogens is 1840 g/mol. The van der Waals surface area contributed by atoms with Gasteiger partial charge >= 0.3 is 0 Å². The first-order chi connectivity index (χ1) is 61.5. The van der Waals surface area contributed by atoms with E-state index < -0.39 is 5.91 Å². The summed E-state index contributed by atoms with van der Waals surface area (Å²) in [6.45, 7) is 8.76. The molecule has 0 atom stereocenters. The van der Waals surface area contributed by atoms with Crippen LogP contribution in [0.15, 0.2) is 272 Å². The molecule has 3 amide bonds. The number of aromatic amines is 6. The number of nitrogens with zero attached hydrogens (tertiary/aromatic N) is 9. The molecule has 0 aliphatic heterocycles. The van der Waals surface area contributed by atoms with Crippen LogP contribution in [0.25, 0.3) is 45.6 Å². The average Bonchev–Trinajstić information content (AvgIpc) is 1.74. The van der Waals surface area contributed by atoms with Gasteiger partial charge in [0.15, 0.2) is 37.9 Å². The lowest BCUT2D eigenvalue weighted by Crippen LogP contribution is -2.33. The van der Waals surface area contributed by atoms with Gasteiger partial charge in [-0.3, -0.25) is 73.3 Å². The van der Waals surface area contributed by atoms with E-state index in [0.29, 0.717) is 104 Å². The van der Waals surface area contributed by atoms with E-state index in [9.17, 15) is 43.2 Å². The van der Waals surface area contributed by atoms with Gasteiger partial charge in [0.05, 0.1) is 79.1 Å². The molecule has 0 saturated carbocycles. The predicted molar refractivity (Wildman–Crippen MR) is 510 cm³/mol. The maximum atomic E-state index is 11.9. The normalized spacial score (nSPS) is 9.62. The zero-order valence-electron chi connectivity index (χ0n) is 68.1. The number of nitrogen functional groups attached to an aromatic ring is 2. The number of carbonyl (C=O) groups excluding carboxylic acids is 5. The van der Waals surface area contributed by atoms with Gasteiger partial charge in [0.1, 0.15) is 5.88 Å². The highest BCUT2D eigenvalue weighted by atomic mass is 35.5. The zero-order valence-corrected chi connectivity index (χ0v) is 75.9. The fourth-order valence-electron chi connectivity index (χ4n) is 9.67. The SMILES string of the molecule is CC#N.CC#N.Cc1ccc(-c2nnc(CCl)o2)cc1.Cc1ccc(C(=O)NCC(=O)CCl)cc1.Cc1ccc(C(=O)NN)cc1.NNC(=O)c1cc[nH]c(=O)c1.O=C(CNC(=S)Nc1ccccc1Cl)c1cc[nH]c(=O)c1.O=c1cc(-c2n[nH]c(=S)n2-c2ccccc2Cl)cc[nH]1.O=c1cc(-c2n[nH]c(=S)n2-c2ccccc2Cl)cc[nH]1.S=C=Nc1ccccc1Cl. The molecule has 0 bridgehead atoms. The highest BCUT2D eigenvalue weighted by Gasteiger charge is 2.17. The van der Waals surface area contributed by atoms with E-state index in [1.54, 1.807) is 113 Å². The summed E-state index contributed by atoms with van der Waals surface area (Å²) in [4.78, 5) is 114. The fraction of sp³-hybridized carbons (Fsp3) is 0.105. The highest BCUT2D eigenvalue weighted by molar-refractivity contribution is 7.80. The lowest BCUT2D eigenvalue weighted by Gasteiger charge is -2.11. The van der Waals surface area contributed by atoms with Crippen molar-refractivity contribution in [2.24, 2.45) is 16.7 Å². The number of aliphatic imine (C=N–C) groups is 1. The molecule has 128 heavy (non-hydrogen) atoms. The van der Waals surface area contributed by atoms with Crippen LogP contribution in [0.1, 0.15) is 77.9 Å². The van der Waals surface area contributed by atoms with Crippen LogP contribution in [0.4, 0.5) is 11.4 Å². The summed E-state index contributed by atoms with van der Waals surface area (Å²) >= 11 is 55.0. The molecule has 0 aliphatic carbocycles. The molecule has 0 saturated heterocycles. The highest BCUT2D eigenvalue weighted by Crippen LogP contribution is 2.29. The molecule has 15 N–H and O–H groups in total. The molecule has 0 aliphatic rings. The molecular formula is C86H78Cl6N22O10S4. The number of benzene rings is 7. The van der Waals surface area contributed by atoms with Crippen molar-refractivity contribution in [3.63, 3.8) is 0 Å². The number of aromatic nitrogens is 12. The van der Waals surface area contributed by atoms with Gasteiger partial charge in [0.2, 0.25) is 34.0 Å². The van der Waals surface area contributed by atoms with E-state index in [4.69, 9.17) is 133 Å². The number of rotatable bonds is 17. The second kappa shape index (κ2) is 56.8. The maximum Gasteiger partial charge on any atom is 0.265 e. The first-order valence-electron chi connectivity index (χ1n) is 36.8. The zero-order chi connectivity index (χ0) is 94.0. The Morgan fingerprint density at radius 1 is 0.492 bits per heavy atom. The average molecular weight is 1920 g/mol. The smallest absolute Gasteiger partial charge is 0.265 e. The third-order valence-electron chi connectivity index (χ3n) is 15.6. The molecule has 7 heterocycles. The van der Waals surface area contributed by atoms with Crippen molar-refractivity contribution < 1.29 is 28.4 Å². The second-order valence-corrected chi connectivity index (χ2v) is 28.4. The minimum Gasteiger partial charge on any atom is -0.419 e. The van der Waals surface area contributed by atoms with Crippen LogP contribution in [0, 0.1) is 53.0 Å². The first kappa shape index (κ1) is 105. The van der Waals surface area contributed by atoms with Crippen molar-refractivity contribution in [1.82, 2.24) is 81.1 Å². The molecule has 0 unspecified atom stereocenters. The predicted octanol–water partition coefficient (Wildman–Crippen LogP) is 16.1. The fourth-order valence-corrected chi connectivity index (χ4v) is 11.4. The van der Waals surface area contributed by atoms with Crippen molar-refractivity contribution in [2.75, 3.05) is 24.3 Å².